The van der Waals surface area contributed by atoms with E-state index < -0.39 is 0 Å². The smallest absolute Gasteiger partial charge is 0.138 e. The minimum absolute atomic E-state index is 0.134. The number of benzene rings is 1. The van der Waals surface area contributed by atoms with Gasteiger partial charge in [0.2, 0.25) is 0 Å². The molecule has 0 aliphatic carbocycles. The lowest BCUT2D eigenvalue weighted by Crippen LogP contribution is -2.25. The third kappa shape index (κ3) is 3.12. The van der Waals surface area contributed by atoms with Crippen LogP contribution in [0.3, 0.4) is 0 Å². The van der Waals surface area contributed by atoms with Gasteiger partial charge in [-0.25, -0.2) is 0 Å². The van der Waals surface area contributed by atoms with Crippen molar-refractivity contribution in [2.45, 2.75) is 25.4 Å². The van der Waals surface area contributed by atoms with Crippen LogP contribution in [0, 0.1) is 11.3 Å². The van der Waals surface area contributed by atoms with Crippen molar-refractivity contribution in [2.75, 3.05) is 13.2 Å². The number of nitrogens with zero attached hydrogens (tertiary/aromatic N) is 1. The zero-order chi connectivity index (χ0) is 12.1. The van der Waals surface area contributed by atoms with Gasteiger partial charge in [0, 0.05) is 6.61 Å². The summed E-state index contributed by atoms with van der Waals surface area (Å²) in [6.45, 7) is 1.28. The molecule has 1 aliphatic heterocycles. The molecule has 0 saturated carbocycles. The highest BCUT2D eigenvalue weighted by atomic mass is 35.5. The second-order valence-corrected chi connectivity index (χ2v) is 4.43. The largest absolute Gasteiger partial charge is 0.489 e. The van der Waals surface area contributed by atoms with E-state index >= 15 is 0 Å². The monoisotopic (exact) mass is 251 g/mol. The standard InChI is InChI=1S/C13H14ClNO2/c14-12-5-3-6-13(11(12)8-15)17-9-10-4-1-2-7-16-10/h3,5-6,10H,1-2,4,7,9H2. The van der Waals surface area contributed by atoms with Crippen molar-refractivity contribution in [1.29, 1.82) is 5.26 Å². The Hall–Kier alpha value is -1.24. The van der Waals surface area contributed by atoms with Crippen LogP contribution < -0.4 is 4.74 Å². The van der Waals surface area contributed by atoms with Crippen molar-refractivity contribution in [1.82, 2.24) is 0 Å². The van der Waals surface area contributed by atoms with Crippen LogP contribution in [0.25, 0.3) is 0 Å². The fraction of sp³-hybridized carbons (Fsp3) is 0.462. The molecule has 4 heteroatoms. The minimum atomic E-state index is 0.134. The molecule has 1 fully saturated rings. The molecule has 1 heterocycles. The SMILES string of the molecule is N#Cc1c(Cl)cccc1OCC1CCCCO1. The van der Waals surface area contributed by atoms with Crippen LogP contribution in [0.5, 0.6) is 5.75 Å². The molecule has 3 nitrogen and oxygen atoms in total. The number of hydrogen-bond acceptors (Lipinski definition) is 3. The van der Waals surface area contributed by atoms with Gasteiger partial charge < -0.3 is 9.47 Å². The summed E-state index contributed by atoms with van der Waals surface area (Å²) in [7, 11) is 0. The van der Waals surface area contributed by atoms with Crippen LogP contribution in [0.2, 0.25) is 5.02 Å². The lowest BCUT2D eigenvalue weighted by atomic mass is 10.1. The highest BCUT2D eigenvalue weighted by Crippen LogP contribution is 2.26. The Labute approximate surface area is 106 Å². The maximum Gasteiger partial charge on any atom is 0.138 e. The van der Waals surface area contributed by atoms with Crippen LogP contribution in [-0.4, -0.2) is 19.3 Å². The van der Waals surface area contributed by atoms with Gasteiger partial charge in [-0.1, -0.05) is 17.7 Å². The molecule has 90 valence electrons. The summed E-state index contributed by atoms with van der Waals surface area (Å²) in [5.41, 5.74) is 0.393. The molecule has 0 spiro atoms. The zero-order valence-electron chi connectivity index (χ0n) is 9.49. The second-order valence-electron chi connectivity index (χ2n) is 4.02. The van der Waals surface area contributed by atoms with Crippen molar-refractivity contribution < 1.29 is 9.47 Å². The van der Waals surface area contributed by atoms with Crippen molar-refractivity contribution in [2.24, 2.45) is 0 Å². The summed E-state index contributed by atoms with van der Waals surface area (Å²) >= 11 is 5.92. The Morgan fingerprint density at radius 1 is 1.47 bits per heavy atom. The van der Waals surface area contributed by atoms with Crippen molar-refractivity contribution in [3.63, 3.8) is 0 Å². The number of hydrogen-bond donors (Lipinski definition) is 0. The number of rotatable bonds is 3. The highest BCUT2D eigenvalue weighted by molar-refractivity contribution is 6.31. The van der Waals surface area contributed by atoms with E-state index in [2.05, 4.69) is 6.07 Å². The van der Waals surface area contributed by atoms with E-state index in [9.17, 15) is 0 Å². The Morgan fingerprint density at radius 3 is 3.06 bits per heavy atom. The van der Waals surface area contributed by atoms with Crippen LogP contribution >= 0.6 is 11.6 Å². The molecule has 1 saturated heterocycles. The van der Waals surface area contributed by atoms with Crippen molar-refractivity contribution in [3.05, 3.63) is 28.8 Å². The quantitative estimate of drug-likeness (QED) is 0.829. The third-order valence-electron chi connectivity index (χ3n) is 2.79. The van der Waals surface area contributed by atoms with Crippen molar-refractivity contribution in [3.8, 4) is 11.8 Å². The Balaban J connectivity index is 1.99. The molecule has 1 aromatic rings. The normalized spacial score (nSPS) is 19.6. The van der Waals surface area contributed by atoms with Crippen LogP contribution in [-0.2, 0) is 4.74 Å². The van der Waals surface area contributed by atoms with E-state index in [0.29, 0.717) is 22.9 Å². The van der Waals surface area contributed by atoms with E-state index in [0.717, 1.165) is 19.4 Å². The molecule has 17 heavy (non-hydrogen) atoms. The van der Waals surface area contributed by atoms with Gasteiger partial charge >= 0.3 is 0 Å². The molecule has 0 aromatic heterocycles. The maximum absolute atomic E-state index is 8.99. The lowest BCUT2D eigenvalue weighted by Gasteiger charge is -2.22. The first-order valence-electron chi connectivity index (χ1n) is 5.74. The van der Waals surface area contributed by atoms with Gasteiger partial charge in [0.05, 0.1) is 11.1 Å². The third-order valence-corrected chi connectivity index (χ3v) is 3.10. The Morgan fingerprint density at radius 2 is 2.35 bits per heavy atom. The minimum Gasteiger partial charge on any atom is -0.489 e. The number of halogens is 1. The molecule has 0 N–H and O–H groups in total. The molecule has 1 unspecified atom stereocenters. The van der Waals surface area contributed by atoms with Gasteiger partial charge in [0.1, 0.15) is 24.0 Å². The lowest BCUT2D eigenvalue weighted by molar-refractivity contribution is -0.0111. The van der Waals surface area contributed by atoms with Crippen LogP contribution in [0.15, 0.2) is 18.2 Å². The molecule has 1 aromatic carbocycles. The zero-order valence-corrected chi connectivity index (χ0v) is 10.2. The van der Waals surface area contributed by atoms with E-state index in [4.69, 9.17) is 26.3 Å². The van der Waals surface area contributed by atoms with Gasteiger partial charge in [0.25, 0.3) is 0 Å². The fourth-order valence-corrected chi connectivity index (χ4v) is 2.06. The Kier molecular flexibility index (Phi) is 4.24. The van der Waals surface area contributed by atoms with E-state index in [-0.39, 0.29) is 6.10 Å². The first-order chi connectivity index (χ1) is 8.31. The summed E-state index contributed by atoms with van der Waals surface area (Å²) in [6.07, 6.45) is 3.45. The van der Waals surface area contributed by atoms with Gasteiger partial charge in [-0.2, -0.15) is 5.26 Å². The fourth-order valence-electron chi connectivity index (χ4n) is 1.85. The average molecular weight is 252 g/mol. The predicted octanol–water partition coefficient (Wildman–Crippen LogP) is 3.16. The maximum atomic E-state index is 8.99. The molecule has 1 atom stereocenters. The molecule has 0 radical (unpaired) electrons. The first kappa shape index (κ1) is 12.2. The van der Waals surface area contributed by atoms with Crippen molar-refractivity contribution >= 4 is 11.6 Å². The summed E-state index contributed by atoms with van der Waals surface area (Å²) in [5, 5.41) is 9.42. The molecule has 0 bridgehead atoms. The molecule has 0 amide bonds. The van der Waals surface area contributed by atoms with Gasteiger partial charge in [0.15, 0.2) is 0 Å². The summed E-state index contributed by atoms with van der Waals surface area (Å²) < 4.78 is 11.2. The molecule has 2 rings (SSSR count). The van der Waals surface area contributed by atoms with E-state index in [1.165, 1.54) is 6.42 Å². The summed E-state index contributed by atoms with van der Waals surface area (Å²) in [4.78, 5) is 0. The van der Waals surface area contributed by atoms with E-state index in [1.54, 1.807) is 18.2 Å². The van der Waals surface area contributed by atoms with Crippen LogP contribution in [0.4, 0.5) is 0 Å². The molecule has 1 aliphatic rings. The summed E-state index contributed by atoms with van der Waals surface area (Å²) in [5.74, 6) is 0.536. The van der Waals surface area contributed by atoms with Crippen LogP contribution in [0.1, 0.15) is 24.8 Å². The summed E-state index contributed by atoms with van der Waals surface area (Å²) in [6, 6.07) is 7.27. The molecular weight excluding hydrogens is 238 g/mol. The predicted molar refractivity (Wildman–Crippen MR) is 65.3 cm³/mol. The average Bonchev–Trinajstić information content (AvgIpc) is 2.37. The van der Waals surface area contributed by atoms with Gasteiger partial charge in [-0.3, -0.25) is 0 Å². The second kappa shape index (κ2) is 5.90. The first-order valence-corrected chi connectivity index (χ1v) is 6.12. The number of ether oxygens (including phenoxy) is 2. The Bertz CT molecular complexity index is 422. The van der Waals surface area contributed by atoms with E-state index in [1.807, 2.05) is 0 Å². The van der Waals surface area contributed by atoms with Gasteiger partial charge in [-0.05, 0) is 31.4 Å². The number of nitriles is 1. The molecular formula is C13H14ClNO2. The van der Waals surface area contributed by atoms with Gasteiger partial charge in [-0.15, -0.1) is 0 Å². The topological polar surface area (TPSA) is 42.2 Å². The highest BCUT2D eigenvalue weighted by Gasteiger charge is 2.15.